The second kappa shape index (κ2) is 3.97. The Balaban J connectivity index is 2.72. The topological polar surface area (TPSA) is 102 Å². The van der Waals surface area contributed by atoms with E-state index in [-0.39, 0.29) is 10.6 Å². The number of aromatic nitrogens is 1. The fourth-order valence-electron chi connectivity index (χ4n) is 1.41. The highest BCUT2D eigenvalue weighted by molar-refractivity contribution is 7.92. The smallest absolute Gasteiger partial charge is 0.260 e. The summed E-state index contributed by atoms with van der Waals surface area (Å²) in [5.74, 6) is -0.669. The Morgan fingerprint density at radius 3 is 2.82 bits per heavy atom. The summed E-state index contributed by atoms with van der Waals surface area (Å²) in [7, 11) is -3.47. The van der Waals surface area contributed by atoms with E-state index in [1.165, 1.54) is 6.20 Å². The molecule has 8 heteroatoms. The third kappa shape index (κ3) is 2.37. The van der Waals surface area contributed by atoms with E-state index in [9.17, 15) is 13.2 Å². The van der Waals surface area contributed by atoms with E-state index in [4.69, 9.17) is 5.73 Å². The predicted octanol–water partition coefficient (Wildman–Crippen LogP) is 0.767. The molecule has 90 valence electrons. The number of hydrogen-bond donors (Lipinski definition) is 2. The zero-order valence-corrected chi connectivity index (χ0v) is 10.4. The highest BCUT2D eigenvalue weighted by atomic mass is 32.2. The van der Waals surface area contributed by atoms with Crippen LogP contribution in [0.3, 0.4) is 0 Å². The van der Waals surface area contributed by atoms with Crippen molar-refractivity contribution in [1.29, 1.82) is 0 Å². The van der Waals surface area contributed by atoms with Crippen LogP contribution in [0, 0.1) is 0 Å². The number of nitrogens with one attached hydrogen (secondary N) is 1. The van der Waals surface area contributed by atoms with Crippen LogP contribution in [0.25, 0.3) is 10.1 Å². The lowest BCUT2D eigenvalue weighted by Crippen LogP contribution is -2.15. The van der Waals surface area contributed by atoms with Crippen LogP contribution in [0.4, 0.5) is 5.69 Å². The van der Waals surface area contributed by atoms with Gasteiger partial charge in [-0.05, 0) is 6.07 Å². The molecule has 6 nitrogen and oxygen atoms in total. The summed E-state index contributed by atoms with van der Waals surface area (Å²) in [6.45, 7) is 0. The fraction of sp³-hybridized carbons (Fsp3) is 0.111. The molecule has 0 unspecified atom stereocenters. The molecule has 0 radical (unpaired) electrons. The van der Waals surface area contributed by atoms with E-state index in [0.717, 1.165) is 17.6 Å². The molecule has 2 aromatic rings. The number of rotatable bonds is 3. The monoisotopic (exact) mass is 271 g/mol. The minimum Gasteiger partial charge on any atom is -0.365 e. The van der Waals surface area contributed by atoms with Crippen LogP contribution < -0.4 is 10.5 Å². The Morgan fingerprint density at radius 2 is 2.24 bits per heavy atom. The molecule has 0 aliphatic rings. The van der Waals surface area contributed by atoms with Crippen molar-refractivity contribution in [2.45, 2.75) is 0 Å². The van der Waals surface area contributed by atoms with E-state index >= 15 is 0 Å². The van der Waals surface area contributed by atoms with E-state index in [1.807, 2.05) is 0 Å². The maximum absolute atomic E-state index is 11.3. The largest absolute Gasteiger partial charge is 0.365 e. The lowest BCUT2D eigenvalue weighted by atomic mass is 10.2. The first-order chi connectivity index (χ1) is 7.88. The molecule has 0 saturated carbocycles. The van der Waals surface area contributed by atoms with Crippen LogP contribution in [0.2, 0.25) is 0 Å². The van der Waals surface area contributed by atoms with Gasteiger partial charge in [0.05, 0.1) is 16.6 Å². The molecule has 17 heavy (non-hydrogen) atoms. The Labute approximate surface area is 102 Å². The number of carbonyl (C=O) groups is 1. The van der Waals surface area contributed by atoms with Gasteiger partial charge in [0.1, 0.15) is 4.88 Å². The zero-order chi connectivity index (χ0) is 12.6. The standard InChI is InChI=1S/C9H9N3O3S2/c1-17(14,15)12-7-5-2-3-11-4-6(5)16-8(7)9(10)13/h2-4,12H,1H3,(H2,10,13). The number of thiophene rings is 1. The molecule has 3 N–H and O–H groups in total. The van der Waals surface area contributed by atoms with Crippen molar-refractivity contribution >= 4 is 43.0 Å². The van der Waals surface area contributed by atoms with Crippen LogP contribution in [-0.2, 0) is 10.0 Å². The van der Waals surface area contributed by atoms with Crippen molar-refractivity contribution in [3.8, 4) is 0 Å². The molecule has 0 atom stereocenters. The van der Waals surface area contributed by atoms with Gasteiger partial charge in [-0.15, -0.1) is 11.3 Å². The minimum atomic E-state index is -3.47. The number of amides is 1. The van der Waals surface area contributed by atoms with Gasteiger partial charge in [-0.2, -0.15) is 0 Å². The van der Waals surface area contributed by atoms with Gasteiger partial charge in [-0.3, -0.25) is 14.5 Å². The van der Waals surface area contributed by atoms with Crippen LogP contribution in [-0.4, -0.2) is 25.6 Å². The van der Waals surface area contributed by atoms with E-state index < -0.39 is 15.9 Å². The molecule has 1 amide bonds. The van der Waals surface area contributed by atoms with Crippen LogP contribution in [0.1, 0.15) is 9.67 Å². The molecular weight excluding hydrogens is 262 g/mol. The lowest BCUT2D eigenvalue weighted by molar-refractivity contribution is 0.100. The number of sulfonamides is 1. The molecule has 0 aliphatic heterocycles. The number of primary amides is 1. The Morgan fingerprint density at radius 1 is 1.53 bits per heavy atom. The second-order valence-electron chi connectivity index (χ2n) is 3.42. The van der Waals surface area contributed by atoms with Crippen LogP contribution in [0.5, 0.6) is 0 Å². The zero-order valence-electron chi connectivity index (χ0n) is 8.80. The number of anilines is 1. The van der Waals surface area contributed by atoms with Gasteiger partial charge in [0.15, 0.2) is 0 Å². The van der Waals surface area contributed by atoms with Crippen molar-refractivity contribution < 1.29 is 13.2 Å². The highest BCUT2D eigenvalue weighted by Crippen LogP contribution is 2.35. The maximum Gasteiger partial charge on any atom is 0.260 e. The van der Waals surface area contributed by atoms with E-state index in [2.05, 4.69) is 9.71 Å². The molecule has 0 spiro atoms. The van der Waals surface area contributed by atoms with Crippen molar-refractivity contribution in [2.24, 2.45) is 5.73 Å². The first-order valence-corrected chi connectivity index (χ1v) is 7.23. The molecule has 2 heterocycles. The molecule has 2 rings (SSSR count). The third-order valence-corrected chi connectivity index (χ3v) is 3.73. The normalized spacial score (nSPS) is 11.6. The minimum absolute atomic E-state index is 0.179. The summed E-state index contributed by atoms with van der Waals surface area (Å²) in [6, 6.07) is 1.63. The maximum atomic E-state index is 11.3. The molecule has 0 aromatic carbocycles. The average Bonchev–Trinajstić information content (AvgIpc) is 2.55. The number of hydrogen-bond acceptors (Lipinski definition) is 5. The Kier molecular flexibility index (Phi) is 2.76. The van der Waals surface area contributed by atoms with Gasteiger partial charge in [0, 0.05) is 17.8 Å². The van der Waals surface area contributed by atoms with Gasteiger partial charge < -0.3 is 5.73 Å². The van der Waals surface area contributed by atoms with Gasteiger partial charge in [0.25, 0.3) is 5.91 Å². The van der Waals surface area contributed by atoms with E-state index in [0.29, 0.717) is 10.1 Å². The van der Waals surface area contributed by atoms with Gasteiger partial charge in [0.2, 0.25) is 10.0 Å². The number of carbonyl (C=O) groups excluding carboxylic acids is 1. The summed E-state index contributed by atoms with van der Waals surface area (Å²) in [4.78, 5) is 15.3. The molecule has 0 fully saturated rings. The Hall–Kier alpha value is -1.67. The molecule has 0 bridgehead atoms. The van der Waals surface area contributed by atoms with Crippen molar-refractivity contribution in [1.82, 2.24) is 4.98 Å². The van der Waals surface area contributed by atoms with Crippen molar-refractivity contribution in [3.05, 3.63) is 23.3 Å². The SMILES string of the molecule is CS(=O)(=O)Nc1c(C(N)=O)sc2cnccc12. The summed E-state index contributed by atoms with van der Waals surface area (Å²) in [6.07, 6.45) is 4.09. The second-order valence-corrected chi connectivity index (χ2v) is 6.22. The molecule has 0 aliphatic carbocycles. The van der Waals surface area contributed by atoms with Gasteiger partial charge >= 0.3 is 0 Å². The van der Waals surface area contributed by atoms with Gasteiger partial charge in [-0.25, -0.2) is 8.42 Å². The average molecular weight is 271 g/mol. The Bertz CT molecular complexity index is 691. The molecular formula is C9H9N3O3S2. The number of fused-ring (bicyclic) bond motifs is 1. The lowest BCUT2D eigenvalue weighted by Gasteiger charge is -2.03. The fourth-order valence-corrected chi connectivity index (χ4v) is 3.04. The summed E-state index contributed by atoms with van der Waals surface area (Å²) < 4.78 is 25.5. The first kappa shape index (κ1) is 11.8. The van der Waals surface area contributed by atoms with Gasteiger partial charge in [-0.1, -0.05) is 0 Å². The molecule has 2 aromatic heterocycles. The van der Waals surface area contributed by atoms with Crippen molar-refractivity contribution in [3.63, 3.8) is 0 Å². The van der Waals surface area contributed by atoms with Crippen molar-refractivity contribution in [2.75, 3.05) is 11.0 Å². The summed E-state index contributed by atoms with van der Waals surface area (Å²) in [5, 5.41) is 0.615. The first-order valence-electron chi connectivity index (χ1n) is 4.52. The number of pyridine rings is 1. The quantitative estimate of drug-likeness (QED) is 0.860. The molecule has 0 saturated heterocycles. The third-order valence-electron chi connectivity index (χ3n) is 2.00. The number of nitrogens with two attached hydrogens (primary N) is 1. The summed E-state index contributed by atoms with van der Waals surface area (Å²) in [5.41, 5.74) is 5.44. The number of nitrogens with zero attached hydrogens (tertiary/aromatic N) is 1. The van der Waals surface area contributed by atoms with Crippen LogP contribution >= 0.6 is 11.3 Å². The predicted molar refractivity (Wildman–Crippen MR) is 66.6 cm³/mol. The highest BCUT2D eigenvalue weighted by Gasteiger charge is 2.18. The van der Waals surface area contributed by atoms with Crippen LogP contribution in [0.15, 0.2) is 18.5 Å². The van der Waals surface area contributed by atoms with E-state index in [1.54, 1.807) is 12.3 Å². The summed E-state index contributed by atoms with van der Waals surface area (Å²) >= 11 is 1.11.